The fourth-order valence-corrected chi connectivity index (χ4v) is 2.95. The van der Waals surface area contributed by atoms with E-state index >= 15 is 0 Å². The number of nitrogens with zero attached hydrogens (tertiary/aromatic N) is 1. The number of nitrogens with one attached hydrogen (secondary N) is 1. The Labute approximate surface area is 114 Å². The van der Waals surface area contributed by atoms with Crippen molar-refractivity contribution in [2.24, 2.45) is 5.92 Å². The maximum Gasteiger partial charge on any atom is 0.0637 e. The van der Waals surface area contributed by atoms with Crippen LogP contribution in [0.2, 0.25) is 5.02 Å². The first kappa shape index (κ1) is 13.7. The van der Waals surface area contributed by atoms with Crippen LogP contribution in [0.3, 0.4) is 0 Å². The van der Waals surface area contributed by atoms with Gasteiger partial charge in [-0.1, -0.05) is 18.5 Å². The molecule has 3 nitrogen and oxygen atoms in total. The van der Waals surface area contributed by atoms with E-state index in [0.29, 0.717) is 5.92 Å². The maximum absolute atomic E-state index is 9.56. The number of rotatable bonds is 4. The van der Waals surface area contributed by atoms with E-state index in [1.165, 1.54) is 11.3 Å². The van der Waals surface area contributed by atoms with Gasteiger partial charge in [-0.2, -0.15) is 0 Å². The molecule has 1 aromatic rings. The summed E-state index contributed by atoms with van der Waals surface area (Å²) in [5.74, 6) is 0.535. The Morgan fingerprint density at radius 2 is 2.28 bits per heavy atom. The predicted octanol–water partition coefficient (Wildman–Crippen LogP) is 2.27. The van der Waals surface area contributed by atoms with Crippen molar-refractivity contribution >= 4 is 17.3 Å². The molecule has 0 spiro atoms. The van der Waals surface area contributed by atoms with Crippen LogP contribution in [-0.4, -0.2) is 31.3 Å². The Bertz CT molecular complexity index is 411. The second-order valence-electron chi connectivity index (χ2n) is 5.01. The van der Waals surface area contributed by atoms with Crippen molar-refractivity contribution < 1.29 is 5.11 Å². The molecule has 0 radical (unpaired) electrons. The second-order valence-corrected chi connectivity index (χ2v) is 5.45. The first-order valence-electron chi connectivity index (χ1n) is 6.48. The van der Waals surface area contributed by atoms with Gasteiger partial charge in [-0.05, 0) is 43.1 Å². The Hall–Kier alpha value is -0.770. The highest BCUT2D eigenvalue weighted by Gasteiger charge is 2.31. The van der Waals surface area contributed by atoms with E-state index in [1.807, 2.05) is 19.2 Å². The van der Waals surface area contributed by atoms with E-state index in [1.54, 1.807) is 0 Å². The number of aliphatic hydroxyl groups excluding tert-OH is 1. The Balaban J connectivity index is 2.32. The van der Waals surface area contributed by atoms with Crippen LogP contribution in [0.4, 0.5) is 5.69 Å². The van der Waals surface area contributed by atoms with Crippen LogP contribution in [0.25, 0.3) is 0 Å². The standard InChI is InChI=1S/C14H21ClN2O/c1-10-5-6-17(14(10)9-18)13-4-3-12(15)7-11(13)8-16-2/h3-4,7,10,14,16,18H,5-6,8-9H2,1-2H3. The van der Waals surface area contributed by atoms with Crippen molar-refractivity contribution in [3.05, 3.63) is 28.8 Å². The van der Waals surface area contributed by atoms with Gasteiger partial charge in [-0.15, -0.1) is 0 Å². The fourth-order valence-electron chi connectivity index (χ4n) is 2.75. The van der Waals surface area contributed by atoms with Gasteiger partial charge in [0.15, 0.2) is 0 Å². The molecule has 1 heterocycles. The summed E-state index contributed by atoms with van der Waals surface area (Å²) < 4.78 is 0. The Morgan fingerprint density at radius 3 is 2.94 bits per heavy atom. The number of hydrogen-bond donors (Lipinski definition) is 2. The van der Waals surface area contributed by atoms with E-state index in [4.69, 9.17) is 11.6 Å². The third-order valence-electron chi connectivity index (χ3n) is 3.79. The lowest BCUT2D eigenvalue weighted by atomic mass is 10.0. The van der Waals surface area contributed by atoms with Gasteiger partial charge >= 0.3 is 0 Å². The molecule has 2 rings (SSSR count). The van der Waals surface area contributed by atoms with Crippen molar-refractivity contribution in [1.82, 2.24) is 5.32 Å². The van der Waals surface area contributed by atoms with Crippen LogP contribution < -0.4 is 10.2 Å². The molecule has 1 aliphatic heterocycles. The second kappa shape index (κ2) is 5.91. The molecule has 0 bridgehead atoms. The van der Waals surface area contributed by atoms with Gasteiger partial charge in [0, 0.05) is 23.8 Å². The molecular formula is C14H21ClN2O. The van der Waals surface area contributed by atoms with E-state index in [0.717, 1.165) is 24.5 Å². The fraction of sp³-hybridized carbons (Fsp3) is 0.571. The van der Waals surface area contributed by atoms with Crippen molar-refractivity contribution in [1.29, 1.82) is 0 Å². The van der Waals surface area contributed by atoms with Crippen LogP contribution in [0.15, 0.2) is 18.2 Å². The highest BCUT2D eigenvalue weighted by atomic mass is 35.5. The lowest BCUT2D eigenvalue weighted by molar-refractivity contribution is 0.244. The molecule has 4 heteroatoms. The van der Waals surface area contributed by atoms with Crippen molar-refractivity contribution in [3.63, 3.8) is 0 Å². The quantitative estimate of drug-likeness (QED) is 0.879. The summed E-state index contributed by atoms with van der Waals surface area (Å²) in [5.41, 5.74) is 2.38. The molecular weight excluding hydrogens is 248 g/mol. The minimum atomic E-state index is 0.211. The Morgan fingerprint density at radius 1 is 1.50 bits per heavy atom. The molecule has 1 fully saturated rings. The minimum absolute atomic E-state index is 0.211. The van der Waals surface area contributed by atoms with Gasteiger partial charge in [0.2, 0.25) is 0 Å². The largest absolute Gasteiger partial charge is 0.394 e. The highest BCUT2D eigenvalue weighted by molar-refractivity contribution is 6.30. The normalized spacial score (nSPS) is 23.7. The molecule has 0 aromatic heterocycles. The van der Waals surface area contributed by atoms with Crippen LogP contribution in [0, 0.1) is 5.92 Å². The van der Waals surface area contributed by atoms with Crippen LogP contribution >= 0.6 is 11.6 Å². The first-order valence-corrected chi connectivity index (χ1v) is 6.85. The number of aliphatic hydroxyl groups is 1. The maximum atomic E-state index is 9.56. The monoisotopic (exact) mass is 268 g/mol. The van der Waals surface area contributed by atoms with Crippen molar-refractivity contribution in [2.75, 3.05) is 25.1 Å². The zero-order valence-corrected chi connectivity index (χ0v) is 11.7. The van der Waals surface area contributed by atoms with E-state index in [2.05, 4.69) is 23.2 Å². The summed E-state index contributed by atoms with van der Waals surface area (Å²) in [6.07, 6.45) is 1.13. The molecule has 2 unspecified atom stereocenters. The zero-order chi connectivity index (χ0) is 13.1. The summed E-state index contributed by atoms with van der Waals surface area (Å²) in [4.78, 5) is 2.31. The van der Waals surface area contributed by atoms with Gasteiger partial charge in [0.05, 0.1) is 12.6 Å². The van der Waals surface area contributed by atoms with Gasteiger partial charge < -0.3 is 15.3 Å². The number of benzene rings is 1. The number of hydrogen-bond acceptors (Lipinski definition) is 3. The number of anilines is 1. The smallest absolute Gasteiger partial charge is 0.0637 e. The summed E-state index contributed by atoms with van der Waals surface area (Å²) >= 11 is 6.06. The third kappa shape index (κ3) is 2.63. The molecule has 100 valence electrons. The zero-order valence-electron chi connectivity index (χ0n) is 11.0. The molecule has 1 aliphatic rings. The van der Waals surface area contributed by atoms with E-state index < -0.39 is 0 Å². The van der Waals surface area contributed by atoms with Gasteiger partial charge in [-0.3, -0.25) is 0 Å². The van der Waals surface area contributed by atoms with Crippen molar-refractivity contribution in [2.45, 2.75) is 25.9 Å². The van der Waals surface area contributed by atoms with Crippen LogP contribution in [0.1, 0.15) is 18.9 Å². The molecule has 2 atom stereocenters. The Kier molecular flexibility index (Phi) is 4.49. The summed E-state index contributed by atoms with van der Waals surface area (Å²) in [6.45, 7) is 4.21. The summed E-state index contributed by atoms with van der Waals surface area (Å²) in [7, 11) is 1.93. The topological polar surface area (TPSA) is 35.5 Å². The average molecular weight is 269 g/mol. The first-order chi connectivity index (χ1) is 8.67. The third-order valence-corrected chi connectivity index (χ3v) is 4.02. The summed E-state index contributed by atoms with van der Waals surface area (Å²) in [5, 5.41) is 13.5. The lowest BCUT2D eigenvalue weighted by Gasteiger charge is -2.29. The van der Waals surface area contributed by atoms with Gasteiger partial charge in [-0.25, -0.2) is 0 Å². The molecule has 18 heavy (non-hydrogen) atoms. The van der Waals surface area contributed by atoms with Crippen LogP contribution in [-0.2, 0) is 6.54 Å². The summed E-state index contributed by atoms with van der Waals surface area (Å²) in [6, 6.07) is 6.22. The molecule has 0 aliphatic carbocycles. The average Bonchev–Trinajstić information content (AvgIpc) is 2.71. The molecule has 0 amide bonds. The molecule has 1 saturated heterocycles. The van der Waals surface area contributed by atoms with Crippen LogP contribution in [0.5, 0.6) is 0 Å². The molecule has 2 N–H and O–H groups in total. The van der Waals surface area contributed by atoms with E-state index in [9.17, 15) is 5.11 Å². The highest BCUT2D eigenvalue weighted by Crippen LogP contribution is 2.33. The van der Waals surface area contributed by atoms with Gasteiger partial charge in [0.1, 0.15) is 0 Å². The number of halogens is 1. The van der Waals surface area contributed by atoms with Crippen molar-refractivity contribution in [3.8, 4) is 0 Å². The molecule has 1 aromatic carbocycles. The SMILES string of the molecule is CNCc1cc(Cl)ccc1N1CCC(C)C1CO. The predicted molar refractivity (Wildman–Crippen MR) is 76.2 cm³/mol. The lowest BCUT2D eigenvalue weighted by Crippen LogP contribution is -2.36. The van der Waals surface area contributed by atoms with E-state index in [-0.39, 0.29) is 12.6 Å². The van der Waals surface area contributed by atoms with Gasteiger partial charge in [0.25, 0.3) is 0 Å². The molecule has 0 saturated carbocycles. The minimum Gasteiger partial charge on any atom is -0.394 e.